The molecular weight excluding hydrogens is 413 g/mol. The number of benzene rings is 2. The summed E-state index contributed by atoms with van der Waals surface area (Å²) in [7, 11) is 0. The summed E-state index contributed by atoms with van der Waals surface area (Å²) in [5, 5.41) is 1.29. The van der Waals surface area contributed by atoms with Crippen molar-refractivity contribution in [3.63, 3.8) is 0 Å². The zero-order valence-corrected chi connectivity index (χ0v) is 18.0. The highest BCUT2D eigenvalue weighted by atomic mass is 32.1. The zero-order valence-electron chi connectivity index (χ0n) is 17.1. The van der Waals surface area contributed by atoms with Gasteiger partial charge in [0.15, 0.2) is 0 Å². The van der Waals surface area contributed by atoms with Crippen LogP contribution in [0.2, 0.25) is 0 Å². The Balaban J connectivity index is 1.90. The third-order valence-corrected chi connectivity index (χ3v) is 6.43. The maximum atomic E-state index is 13.7. The molecule has 154 valence electrons. The Morgan fingerprint density at radius 1 is 0.935 bits per heavy atom. The van der Waals surface area contributed by atoms with Crippen LogP contribution in [0.4, 0.5) is 4.39 Å². The minimum absolute atomic E-state index is 0.116. The summed E-state index contributed by atoms with van der Waals surface area (Å²) in [4.78, 5) is 25.2. The third kappa shape index (κ3) is 3.18. The summed E-state index contributed by atoms with van der Waals surface area (Å²) < 4.78 is 21.0. The van der Waals surface area contributed by atoms with Gasteiger partial charge in [0, 0.05) is 10.3 Å². The predicted octanol–water partition coefficient (Wildman–Crippen LogP) is 5.85. The molecule has 0 aliphatic carbocycles. The van der Waals surface area contributed by atoms with Gasteiger partial charge in [-0.25, -0.2) is 13.9 Å². The molecule has 0 amide bonds. The number of para-hydroxylation sites is 1. The van der Waals surface area contributed by atoms with Crippen LogP contribution in [0.25, 0.3) is 26.8 Å². The lowest BCUT2D eigenvalue weighted by Gasteiger charge is -2.15. The van der Waals surface area contributed by atoms with E-state index in [1.165, 1.54) is 28.8 Å². The number of rotatable bonds is 3. The molecule has 0 radical (unpaired) electrons. The molecule has 3 aromatic heterocycles. The first-order valence-electron chi connectivity index (χ1n) is 9.76. The molecule has 0 unspecified atom stereocenters. The van der Waals surface area contributed by atoms with Gasteiger partial charge in [-0.2, -0.15) is 4.98 Å². The van der Waals surface area contributed by atoms with Gasteiger partial charge in [0.1, 0.15) is 16.4 Å². The van der Waals surface area contributed by atoms with Gasteiger partial charge < -0.3 is 4.74 Å². The van der Waals surface area contributed by atoms with E-state index in [-0.39, 0.29) is 17.4 Å². The largest absolute Gasteiger partial charge is 0.425 e. The number of ether oxygens (including phenoxy) is 1. The molecule has 0 spiro atoms. The standard InChI is InChI=1S/C24H18FN3O2S/c1-13-15(3)31-22-19(13)21-20(14(2)26-22)23(29)28(17-11-9-16(25)10-12-17)24(27-21)30-18-7-5-4-6-8-18/h4-12H,1-3H3. The van der Waals surface area contributed by atoms with Crippen molar-refractivity contribution < 1.29 is 9.13 Å². The van der Waals surface area contributed by atoms with Crippen LogP contribution < -0.4 is 10.3 Å². The molecule has 5 rings (SSSR count). The van der Waals surface area contributed by atoms with Gasteiger partial charge >= 0.3 is 6.01 Å². The Bertz CT molecular complexity index is 1510. The number of pyridine rings is 1. The topological polar surface area (TPSA) is 57.0 Å². The first kappa shape index (κ1) is 19.4. The fourth-order valence-electron chi connectivity index (χ4n) is 3.66. The van der Waals surface area contributed by atoms with E-state index in [1.54, 1.807) is 23.5 Å². The number of thiophene rings is 1. The minimum Gasteiger partial charge on any atom is -0.425 e. The van der Waals surface area contributed by atoms with Crippen molar-refractivity contribution in [2.75, 3.05) is 0 Å². The van der Waals surface area contributed by atoms with E-state index in [0.717, 1.165) is 20.7 Å². The molecule has 0 saturated carbocycles. The van der Waals surface area contributed by atoms with Gasteiger partial charge in [-0.15, -0.1) is 11.3 Å². The van der Waals surface area contributed by atoms with Crippen molar-refractivity contribution in [3.8, 4) is 17.4 Å². The van der Waals surface area contributed by atoms with Crippen molar-refractivity contribution in [2.45, 2.75) is 20.8 Å². The Labute approximate surface area is 181 Å². The van der Waals surface area contributed by atoms with Crippen LogP contribution in [-0.2, 0) is 0 Å². The second kappa shape index (κ2) is 7.28. The number of aryl methyl sites for hydroxylation is 3. The van der Waals surface area contributed by atoms with E-state index in [9.17, 15) is 9.18 Å². The zero-order chi connectivity index (χ0) is 21.7. The van der Waals surface area contributed by atoms with Crippen LogP contribution in [0.5, 0.6) is 11.8 Å². The van der Waals surface area contributed by atoms with Crippen molar-refractivity contribution in [1.82, 2.24) is 14.5 Å². The van der Waals surface area contributed by atoms with E-state index < -0.39 is 0 Å². The number of nitrogens with zero attached hydrogens (tertiary/aromatic N) is 3. The number of aromatic nitrogens is 3. The maximum Gasteiger partial charge on any atom is 0.310 e. The number of fused-ring (bicyclic) bond motifs is 3. The van der Waals surface area contributed by atoms with Crippen molar-refractivity contribution in [2.24, 2.45) is 0 Å². The van der Waals surface area contributed by atoms with Crippen LogP contribution in [0.15, 0.2) is 59.4 Å². The maximum absolute atomic E-state index is 13.7. The first-order valence-corrected chi connectivity index (χ1v) is 10.6. The fraction of sp³-hybridized carbons (Fsp3) is 0.125. The van der Waals surface area contributed by atoms with Crippen molar-refractivity contribution >= 4 is 32.5 Å². The van der Waals surface area contributed by atoms with E-state index >= 15 is 0 Å². The highest BCUT2D eigenvalue weighted by Gasteiger charge is 2.21. The molecule has 5 nitrogen and oxygen atoms in total. The Morgan fingerprint density at radius 3 is 2.35 bits per heavy atom. The molecular formula is C24H18FN3O2S. The smallest absolute Gasteiger partial charge is 0.310 e. The molecule has 0 bridgehead atoms. The van der Waals surface area contributed by atoms with E-state index in [4.69, 9.17) is 9.72 Å². The van der Waals surface area contributed by atoms with Crippen molar-refractivity contribution in [1.29, 1.82) is 0 Å². The Morgan fingerprint density at radius 2 is 1.65 bits per heavy atom. The minimum atomic E-state index is -0.389. The molecule has 0 aliphatic heterocycles. The highest BCUT2D eigenvalue weighted by Crippen LogP contribution is 2.35. The molecule has 3 heterocycles. The van der Waals surface area contributed by atoms with Crippen molar-refractivity contribution in [3.05, 3.63) is 86.9 Å². The van der Waals surface area contributed by atoms with Gasteiger partial charge in [-0.05, 0) is 62.7 Å². The molecule has 2 aromatic carbocycles. The number of hydrogen-bond donors (Lipinski definition) is 0. The average molecular weight is 431 g/mol. The number of hydrogen-bond acceptors (Lipinski definition) is 5. The summed E-state index contributed by atoms with van der Waals surface area (Å²) in [5.41, 5.74) is 2.37. The first-order chi connectivity index (χ1) is 14.9. The van der Waals surface area contributed by atoms with Gasteiger partial charge in [0.05, 0.1) is 22.3 Å². The normalized spacial score (nSPS) is 11.4. The molecule has 31 heavy (non-hydrogen) atoms. The van der Waals surface area contributed by atoms with Crippen LogP contribution in [0.1, 0.15) is 16.1 Å². The van der Waals surface area contributed by atoms with Gasteiger partial charge in [-0.1, -0.05) is 18.2 Å². The van der Waals surface area contributed by atoms with Crippen LogP contribution in [0.3, 0.4) is 0 Å². The summed E-state index contributed by atoms with van der Waals surface area (Å²) in [6.07, 6.45) is 0. The summed E-state index contributed by atoms with van der Waals surface area (Å²) >= 11 is 1.58. The molecule has 0 fully saturated rings. The quantitative estimate of drug-likeness (QED) is 0.359. The SMILES string of the molecule is Cc1sc2nc(C)c3c(=O)n(-c4ccc(F)cc4)c(Oc4ccccc4)nc3c2c1C. The lowest BCUT2D eigenvalue weighted by molar-refractivity contribution is 0.427. The lowest BCUT2D eigenvalue weighted by atomic mass is 10.1. The fourth-order valence-corrected chi connectivity index (χ4v) is 4.74. The summed E-state index contributed by atoms with van der Waals surface area (Å²) in [6.45, 7) is 5.85. The van der Waals surface area contributed by atoms with Crippen LogP contribution >= 0.6 is 11.3 Å². The third-order valence-electron chi connectivity index (χ3n) is 5.32. The van der Waals surface area contributed by atoms with E-state index in [0.29, 0.717) is 28.0 Å². The second-order valence-corrected chi connectivity index (χ2v) is 8.51. The molecule has 0 N–H and O–H groups in total. The number of halogens is 1. The second-order valence-electron chi connectivity index (χ2n) is 7.31. The monoisotopic (exact) mass is 431 g/mol. The summed E-state index contributed by atoms with van der Waals surface area (Å²) in [5.74, 6) is 0.157. The predicted molar refractivity (Wildman–Crippen MR) is 121 cm³/mol. The van der Waals surface area contributed by atoms with Crippen LogP contribution in [-0.4, -0.2) is 14.5 Å². The van der Waals surface area contributed by atoms with Gasteiger partial charge in [0.2, 0.25) is 0 Å². The Hall–Kier alpha value is -3.58. The van der Waals surface area contributed by atoms with Crippen LogP contribution in [0, 0.1) is 26.6 Å². The van der Waals surface area contributed by atoms with Gasteiger partial charge in [0.25, 0.3) is 5.56 Å². The lowest BCUT2D eigenvalue weighted by Crippen LogP contribution is -2.22. The molecule has 5 aromatic rings. The molecule has 0 atom stereocenters. The van der Waals surface area contributed by atoms with E-state index in [1.807, 2.05) is 39.0 Å². The molecule has 0 saturated heterocycles. The molecule has 0 aliphatic rings. The Kier molecular flexibility index (Phi) is 4.55. The summed E-state index contributed by atoms with van der Waals surface area (Å²) in [6, 6.07) is 14.9. The van der Waals surface area contributed by atoms with Gasteiger partial charge in [-0.3, -0.25) is 4.79 Å². The highest BCUT2D eigenvalue weighted by molar-refractivity contribution is 7.18. The molecule has 7 heteroatoms. The van der Waals surface area contributed by atoms with E-state index in [2.05, 4.69) is 4.98 Å². The average Bonchev–Trinajstić information content (AvgIpc) is 3.03.